The van der Waals surface area contributed by atoms with Crippen LogP contribution in [0.3, 0.4) is 0 Å². The molecule has 0 bridgehead atoms. The summed E-state index contributed by atoms with van der Waals surface area (Å²) in [4.78, 5) is 12.5. The first-order chi connectivity index (χ1) is 11.5. The zero-order valence-corrected chi connectivity index (χ0v) is 15.0. The van der Waals surface area contributed by atoms with E-state index in [1.807, 2.05) is 57.2 Å². The molecule has 0 unspecified atom stereocenters. The quantitative estimate of drug-likeness (QED) is 0.820. The van der Waals surface area contributed by atoms with E-state index in [1.165, 1.54) is 5.56 Å². The maximum atomic E-state index is 12.5. The Balaban J connectivity index is 1.95. The summed E-state index contributed by atoms with van der Waals surface area (Å²) in [5.41, 5.74) is 3.40. The molecule has 2 rings (SSSR count). The Labute approximate surface area is 145 Å². The van der Waals surface area contributed by atoms with E-state index in [2.05, 4.69) is 24.4 Å². The fourth-order valence-electron chi connectivity index (χ4n) is 2.58. The van der Waals surface area contributed by atoms with E-state index in [9.17, 15) is 4.79 Å². The van der Waals surface area contributed by atoms with Crippen LogP contribution >= 0.6 is 0 Å². The largest absolute Gasteiger partial charge is 0.480 e. The monoisotopic (exact) mass is 325 g/mol. The molecular formula is C21H27NO2. The maximum Gasteiger partial charge on any atom is 0.261 e. The molecule has 0 fully saturated rings. The Bertz CT molecular complexity index is 667. The van der Waals surface area contributed by atoms with E-state index in [1.54, 1.807) is 0 Å². The molecule has 0 aliphatic rings. The van der Waals surface area contributed by atoms with E-state index in [0.717, 1.165) is 16.9 Å². The van der Waals surface area contributed by atoms with Gasteiger partial charge in [0, 0.05) is 6.54 Å². The molecule has 2 aromatic carbocycles. The van der Waals surface area contributed by atoms with E-state index < -0.39 is 6.10 Å². The second kappa shape index (κ2) is 8.53. The molecule has 128 valence electrons. The summed E-state index contributed by atoms with van der Waals surface area (Å²) in [6.07, 6.45) is 0.173. The number of carbonyl (C=O) groups excluding carboxylic acids is 1. The first kappa shape index (κ1) is 18.1. The van der Waals surface area contributed by atoms with Crippen LogP contribution in [0.2, 0.25) is 0 Å². The van der Waals surface area contributed by atoms with Gasteiger partial charge in [0.15, 0.2) is 6.10 Å². The van der Waals surface area contributed by atoms with Gasteiger partial charge < -0.3 is 10.1 Å². The van der Waals surface area contributed by atoms with E-state index >= 15 is 0 Å². The van der Waals surface area contributed by atoms with E-state index in [-0.39, 0.29) is 11.8 Å². The number of nitrogens with one attached hydrogen (secondary N) is 1. The molecular weight excluding hydrogens is 298 g/mol. The Morgan fingerprint density at radius 2 is 1.83 bits per heavy atom. The average molecular weight is 325 g/mol. The third-order valence-corrected chi connectivity index (χ3v) is 4.23. The second-order valence-corrected chi connectivity index (χ2v) is 6.34. The Morgan fingerprint density at radius 1 is 1.12 bits per heavy atom. The van der Waals surface area contributed by atoms with Crippen LogP contribution < -0.4 is 10.1 Å². The van der Waals surface area contributed by atoms with Crippen LogP contribution in [0.25, 0.3) is 0 Å². The van der Waals surface area contributed by atoms with Gasteiger partial charge in [-0.2, -0.15) is 0 Å². The topological polar surface area (TPSA) is 38.3 Å². The summed E-state index contributed by atoms with van der Waals surface area (Å²) in [5, 5.41) is 3.02. The number of rotatable bonds is 7. The summed E-state index contributed by atoms with van der Waals surface area (Å²) < 4.78 is 5.96. The third-order valence-electron chi connectivity index (χ3n) is 4.23. The molecule has 2 atom stereocenters. The fourth-order valence-corrected chi connectivity index (χ4v) is 2.58. The highest BCUT2D eigenvalue weighted by Gasteiger charge is 2.19. The van der Waals surface area contributed by atoms with E-state index in [0.29, 0.717) is 13.0 Å². The van der Waals surface area contributed by atoms with Crippen LogP contribution in [0.5, 0.6) is 5.75 Å². The van der Waals surface area contributed by atoms with Gasteiger partial charge in [-0.15, -0.1) is 0 Å². The Morgan fingerprint density at radius 3 is 2.50 bits per heavy atom. The number of hydrogen-bond donors (Lipinski definition) is 1. The Hall–Kier alpha value is -2.29. The maximum absolute atomic E-state index is 12.5. The van der Waals surface area contributed by atoms with Crippen LogP contribution in [0, 0.1) is 13.8 Å². The van der Waals surface area contributed by atoms with Crippen molar-refractivity contribution >= 4 is 5.91 Å². The SMILES string of the molecule is CC[C@@H](Oc1cc(C)ccc1C)C(=O)NC[C@@H](C)c1ccccc1. The zero-order valence-electron chi connectivity index (χ0n) is 15.0. The normalized spacial score (nSPS) is 13.2. The first-order valence-electron chi connectivity index (χ1n) is 8.57. The van der Waals surface area contributed by atoms with Gasteiger partial charge in [-0.3, -0.25) is 4.79 Å². The van der Waals surface area contributed by atoms with Crippen molar-refractivity contribution in [1.82, 2.24) is 5.32 Å². The lowest BCUT2D eigenvalue weighted by molar-refractivity contribution is -0.128. The van der Waals surface area contributed by atoms with Crippen LogP contribution in [-0.4, -0.2) is 18.6 Å². The molecule has 0 aliphatic heterocycles. The molecule has 3 nitrogen and oxygen atoms in total. The average Bonchev–Trinajstić information content (AvgIpc) is 2.60. The molecule has 0 heterocycles. The van der Waals surface area contributed by atoms with E-state index in [4.69, 9.17) is 4.74 Å². The molecule has 1 amide bonds. The predicted molar refractivity (Wildman–Crippen MR) is 98.5 cm³/mol. The number of benzene rings is 2. The van der Waals surface area contributed by atoms with Crippen LogP contribution in [-0.2, 0) is 4.79 Å². The van der Waals surface area contributed by atoms with Crippen LogP contribution in [0.4, 0.5) is 0 Å². The van der Waals surface area contributed by atoms with Gasteiger partial charge in [0.1, 0.15) is 5.75 Å². The van der Waals surface area contributed by atoms with Crippen molar-refractivity contribution < 1.29 is 9.53 Å². The lowest BCUT2D eigenvalue weighted by Gasteiger charge is -2.20. The number of aryl methyl sites for hydroxylation is 2. The van der Waals surface area contributed by atoms with Gasteiger partial charge in [-0.1, -0.05) is 56.3 Å². The molecule has 0 radical (unpaired) electrons. The fraction of sp³-hybridized carbons (Fsp3) is 0.381. The number of carbonyl (C=O) groups is 1. The van der Waals surface area contributed by atoms with Gasteiger partial charge >= 0.3 is 0 Å². The van der Waals surface area contributed by atoms with Gasteiger partial charge in [0.2, 0.25) is 0 Å². The predicted octanol–water partition coefficient (Wildman–Crippen LogP) is 4.38. The smallest absolute Gasteiger partial charge is 0.261 e. The highest BCUT2D eigenvalue weighted by Crippen LogP contribution is 2.21. The van der Waals surface area contributed by atoms with Crippen LogP contribution in [0.1, 0.15) is 42.9 Å². The van der Waals surface area contributed by atoms with Crippen molar-refractivity contribution in [3.63, 3.8) is 0 Å². The van der Waals surface area contributed by atoms with Gasteiger partial charge in [0.05, 0.1) is 0 Å². The number of hydrogen-bond acceptors (Lipinski definition) is 2. The minimum Gasteiger partial charge on any atom is -0.480 e. The van der Waals surface area contributed by atoms with Crippen molar-refractivity contribution in [3.8, 4) is 5.75 Å². The summed E-state index contributed by atoms with van der Waals surface area (Å²) in [7, 11) is 0. The van der Waals surface area contributed by atoms with Gasteiger partial charge in [-0.25, -0.2) is 0 Å². The van der Waals surface area contributed by atoms with Crippen molar-refractivity contribution in [2.75, 3.05) is 6.54 Å². The zero-order chi connectivity index (χ0) is 17.5. The molecule has 24 heavy (non-hydrogen) atoms. The summed E-state index contributed by atoms with van der Waals surface area (Å²) in [5.74, 6) is 1.00. The third kappa shape index (κ3) is 4.85. The summed E-state index contributed by atoms with van der Waals surface area (Å²) >= 11 is 0. The molecule has 0 saturated heterocycles. The minimum atomic E-state index is -0.464. The molecule has 3 heteroatoms. The lowest BCUT2D eigenvalue weighted by Crippen LogP contribution is -2.39. The standard InChI is InChI=1S/C21H27NO2/c1-5-19(24-20-13-15(2)11-12-16(20)3)21(23)22-14-17(4)18-9-7-6-8-10-18/h6-13,17,19H,5,14H2,1-4H3,(H,22,23)/t17-,19-/m1/s1. The molecule has 1 N–H and O–H groups in total. The lowest BCUT2D eigenvalue weighted by atomic mass is 10.0. The molecule has 0 spiro atoms. The highest BCUT2D eigenvalue weighted by atomic mass is 16.5. The van der Waals surface area contributed by atoms with Crippen molar-refractivity contribution in [1.29, 1.82) is 0 Å². The molecule has 0 saturated carbocycles. The number of ether oxygens (including phenoxy) is 1. The highest BCUT2D eigenvalue weighted by molar-refractivity contribution is 5.81. The van der Waals surface area contributed by atoms with Crippen molar-refractivity contribution in [2.45, 2.75) is 46.1 Å². The summed E-state index contributed by atoms with van der Waals surface area (Å²) in [6.45, 7) is 8.71. The molecule has 0 aromatic heterocycles. The van der Waals surface area contributed by atoms with Gasteiger partial charge in [0.25, 0.3) is 5.91 Å². The Kier molecular flexibility index (Phi) is 6.42. The molecule has 0 aliphatic carbocycles. The van der Waals surface area contributed by atoms with Crippen molar-refractivity contribution in [2.24, 2.45) is 0 Å². The van der Waals surface area contributed by atoms with Gasteiger partial charge in [-0.05, 0) is 48.9 Å². The minimum absolute atomic E-state index is 0.0545. The number of amides is 1. The second-order valence-electron chi connectivity index (χ2n) is 6.34. The molecule has 2 aromatic rings. The first-order valence-corrected chi connectivity index (χ1v) is 8.57. The van der Waals surface area contributed by atoms with Crippen molar-refractivity contribution in [3.05, 3.63) is 65.2 Å². The summed E-state index contributed by atoms with van der Waals surface area (Å²) in [6, 6.07) is 16.3. The van der Waals surface area contributed by atoms with Crippen LogP contribution in [0.15, 0.2) is 48.5 Å².